The molecule has 0 radical (unpaired) electrons. The van der Waals surface area contributed by atoms with Crippen LogP contribution < -0.4 is 0 Å². The minimum Gasteiger partial charge on any atom is -0.335 e. The fourth-order valence-electron chi connectivity index (χ4n) is 3.67. The maximum absolute atomic E-state index is 12.9. The summed E-state index contributed by atoms with van der Waals surface area (Å²) in [5.41, 5.74) is 1.40. The average Bonchev–Trinajstić information content (AvgIpc) is 2.77. The van der Waals surface area contributed by atoms with Gasteiger partial charge in [0.05, 0.1) is 5.52 Å². The number of carbonyl (C=O) groups excluding carboxylic acids is 3. The molecule has 0 aliphatic carbocycles. The summed E-state index contributed by atoms with van der Waals surface area (Å²) in [6.07, 6.45) is 0. The standard InChI is InChI=1S/C23H20BrN3O3/c1-15-14-26(22(29)16-5-3-2-4-6-16)11-12-27(15)23(30)21(28)20-9-7-17-13-18(24)8-10-19(17)25-20/h2-10,13,15H,11-12,14H2,1H3. The summed E-state index contributed by atoms with van der Waals surface area (Å²) in [4.78, 5) is 45.9. The van der Waals surface area contributed by atoms with Crippen molar-refractivity contribution in [3.8, 4) is 0 Å². The maximum atomic E-state index is 12.9. The zero-order valence-corrected chi connectivity index (χ0v) is 18.0. The SMILES string of the molecule is CC1CN(C(=O)c2ccccc2)CCN1C(=O)C(=O)c1ccc2cc(Br)ccc2n1. The molecule has 2 amide bonds. The van der Waals surface area contributed by atoms with Gasteiger partial charge in [0, 0.05) is 41.1 Å². The molecule has 1 aliphatic rings. The molecule has 152 valence electrons. The number of benzene rings is 2. The molecule has 3 aromatic rings. The number of halogens is 1. The Hall–Kier alpha value is -3.06. The molecule has 4 rings (SSSR count). The van der Waals surface area contributed by atoms with Crippen molar-refractivity contribution in [2.45, 2.75) is 13.0 Å². The van der Waals surface area contributed by atoms with Gasteiger partial charge in [-0.05, 0) is 43.3 Å². The van der Waals surface area contributed by atoms with E-state index in [-0.39, 0.29) is 17.6 Å². The number of aromatic nitrogens is 1. The van der Waals surface area contributed by atoms with Crippen LogP contribution in [0.25, 0.3) is 10.9 Å². The number of nitrogens with zero attached hydrogens (tertiary/aromatic N) is 3. The monoisotopic (exact) mass is 465 g/mol. The third kappa shape index (κ3) is 3.98. The number of rotatable bonds is 3. The molecule has 30 heavy (non-hydrogen) atoms. The Morgan fingerprint density at radius 3 is 2.50 bits per heavy atom. The molecule has 7 heteroatoms. The third-order valence-electron chi connectivity index (χ3n) is 5.27. The van der Waals surface area contributed by atoms with Crippen LogP contribution in [0.4, 0.5) is 0 Å². The number of hydrogen-bond donors (Lipinski definition) is 0. The molecule has 0 saturated carbocycles. The van der Waals surface area contributed by atoms with E-state index in [1.165, 1.54) is 4.90 Å². The number of carbonyl (C=O) groups is 3. The average molecular weight is 466 g/mol. The van der Waals surface area contributed by atoms with Crippen molar-refractivity contribution < 1.29 is 14.4 Å². The number of amides is 2. The Morgan fingerprint density at radius 1 is 1.00 bits per heavy atom. The normalized spacial score (nSPS) is 16.5. The van der Waals surface area contributed by atoms with Crippen molar-refractivity contribution in [2.24, 2.45) is 0 Å². The smallest absolute Gasteiger partial charge is 0.297 e. The molecule has 1 saturated heterocycles. The first-order valence-corrected chi connectivity index (χ1v) is 10.5. The van der Waals surface area contributed by atoms with Gasteiger partial charge in [0.25, 0.3) is 17.6 Å². The highest BCUT2D eigenvalue weighted by Crippen LogP contribution is 2.20. The molecule has 0 N–H and O–H groups in total. The van der Waals surface area contributed by atoms with Gasteiger partial charge in [0.15, 0.2) is 0 Å². The molecule has 2 aromatic carbocycles. The Balaban J connectivity index is 1.47. The number of Topliss-reactive ketones (excluding diaryl/α,β-unsaturated/α-hetero) is 1. The van der Waals surface area contributed by atoms with Gasteiger partial charge < -0.3 is 9.80 Å². The van der Waals surface area contributed by atoms with E-state index in [0.717, 1.165) is 9.86 Å². The number of pyridine rings is 1. The van der Waals surface area contributed by atoms with Gasteiger partial charge in [0.1, 0.15) is 5.69 Å². The lowest BCUT2D eigenvalue weighted by Crippen LogP contribution is -2.56. The molecular formula is C23H20BrN3O3. The van der Waals surface area contributed by atoms with E-state index in [0.29, 0.717) is 30.7 Å². The molecule has 1 fully saturated rings. The highest BCUT2D eigenvalue weighted by Gasteiger charge is 2.33. The lowest BCUT2D eigenvalue weighted by molar-refractivity contribution is -0.130. The summed E-state index contributed by atoms with van der Waals surface area (Å²) >= 11 is 3.41. The van der Waals surface area contributed by atoms with Crippen LogP contribution in [0.15, 0.2) is 65.1 Å². The zero-order chi connectivity index (χ0) is 21.3. The Bertz CT molecular complexity index is 1130. The highest BCUT2D eigenvalue weighted by molar-refractivity contribution is 9.10. The van der Waals surface area contributed by atoms with Crippen molar-refractivity contribution in [1.82, 2.24) is 14.8 Å². The van der Waals surface area contributed by atoms with Gasteiger partial charge in [-0.1, -0.05) is 40.2 Å². The highest BCUT2D eigenvalue weighted by atomic mass is 79.9. The predicted octanol–water partition coefficient (Wildman–Crippen LogP) is 3.55. The fraction of sp³-hybridized carbons (Fsp3) is 0.217. The summed E-state index contributed by atoms with van der Waals surface area (Å²) in [6, 6.07) is 17.7. The van der Waals surface area contributed by atoms with Crippen LogP contribution in [-0.2, 0) is 4.79 Å². The minimum absolute atomic E-state index is 0.0665. The molecule has 1 aliphatic heterocycles. The summed E-state index contributed by atoms with van der Waals surface area (Å²) in [6.45, 7) is 2.92. The first-order valence-electron chi connectivity index (χ1n) is 9.70. The second-order valence-electron chi connectivity index (χ2n) is 7.33. The van der Waals surface area contributed by atoms with Crippen LogP contribution in [0.5, 0.6) is 0 Å². The maximum Gasteiger partial charge on any atom is 0.297 e. The predicted molar refractivity (Wildman–Crippen MR) is 117 cm³/mol. The van der Waals surface area contributed by atoms with Gasteiger partial charge in [-0.25, -0.2) is 4.98 Å². The van der Waals surface area contributed by atoms with Gasteiger partial charge in [-0.3, -0.25) is 14.4 Å². The largest absolute Gasteiger partial charge is 0.335 e. The molecule has 0 spiro atoms. The first kappa shape index (κ1) is 20.2. The van der Waals surface area contributed by atoms with Crippen molar-refractivity contribution in [3.63, 3.8) is 0 Å². The number of hydrogen-bond acceptors (Lipinski definition) is 4. The summed E-state index contributed by atoms with van der Waals surface area (Å²) in [5, 5.41) is 0.884. The van der Waals surface area contributed by atoms with E-state index in [4.69, 9.17) is 0 Å². The second kappa shape index (κ2) is 8.36. The van der Waals surface area contributed by atoms with E-state index in [1.54, 1.807) is 35.2 Å². The van der Waals surface area contributed by atoms with Crippen molar-refractivity contribution in [2.75, 3.05) is 19.6 Å². The summed E-state index contributed by atoms with van der Waals surface area (Å²) in [7, 11) is 0. The van der Waals surface area contributed by atoms with E-state index in [1.807, 2.05) is 37.3 Å². The third-order valence-corrected chi connectivity index (χ3v) is 5.77. The van der Waals surface area contributed by atoms with Crippen LogP contribution in [0.1, 0.15) is 27.8 Å². The first-order chi connectivity index (χ1) is 14.4. The Labute approximate surface area is 182 Å². The van der Waals surface area contributed by atoms with Gasteiger partial charge in [-0.2, -0.15) is 0 Å². The lowest BCUT2D eigenvalue weighted by atomic mass is 10.1. The number of ketones is 1. The molecule has 1 unspecified atom stereocenters. The quantitative estimate of drug-likeness (QED) is 0.437. The van der Waals surface area contributed by atoms with Gasteiger partial charge in [0.2, 0.25) is 0 Å². The molecule has 0 bridgehead atoms. The van der Waals surface area contributed by atoms with Gasteiger partial charge >= 0.3 is 0 Å². The van der Waals surface area contributed by atoms with E-state index < -0.39 is 11.7 Å². The lowest BCUT2D eigenvalue weighted by Gasteiger charge is -2.39. The number of fused-ring (bicyclic) bond motifs is 1. The zero-order valence-electron chi connectivity index (χ0n) is 16.4. The second-order valence-corrected chi connectivity index (χ2v) is 8.24. The van der Waals surface area contributed by atoms with Crippen molar-refractivity contribution >= 4 is 44.4 Å². The molecular weight excluding hydrogens is 446 g/mol. The molecule has 2 heterocycles. The Kier molecular flexibility index (Phi) is 5.63. The fourth-order valence-corrected chi connectivity index (χ4v) is 4.05. The van der Waals surface area contributed by atoms with E-state index in [9.17, 15) is 14.4 Å². The number of piperazine rings is 1. The van der Waals surface area contributed by atoms with E-state index >= 15 is 0 Å². The van der Waals surface area contributed by atoms with Crippen molar-refractivity contribution in [3.05, 3.63) is 76.4 Å². The topological polar surface area (TPSA) is 70.6 Å². The Morgan fingerprint density at radius 2 is 1.77 bits per heavy atom. The van der Waals surface area contributed by atoms with Crippen LogP contribution in [0, 0.1) is 0 Å². The van der Waals surface area contributed by atoms with Gasteiger partial charge in [-0.15, -0.1) is 0 Å². The van der Waals surface area contributed by atoms with Crippen LogP contribution in [0.3, 0.4) is 0 Å². The summed E-state index contributed by atoms with van der Waals surface area (Å²) in [5.74, 6) is -1.28. The minimum atomic E-state index is -0.630. The van der Waals surface area contributed by atoms with Crippen LogP contribution >= 0.6 is 15.9 Å². The van der Waals surface area contributed by atoms with Crippen LogP contribution in [-0.4, -0.2) is 58.1 Å². The molecule has 1 atom stereocenters. The molecule has 1 aromatic heterocycles. The van der Waals surface area contributed by atoms with Crippen molar-refractivity contribution in [1.29, 1.82) is 0 Å². The molecule has 6 nitrogen and oxygen atoms in total. The van der Waals surface area contributed by atoms with Crippen LogP contribution in [0.2, 0.25) is 0 Å². The summed E-state index contributed by atoms with van der Waals surface area (Å²) < 4.78 is 0.920. The van der Waals surface area contributed by atoms with E-state index in [2.05, 4.69) is 20.9 Å².